The number of carboxylic acids is 2. The van der Waals surface area contributed by atoms with Gasteiger partial charge in [0.25, 0.3) is 0 Å². The lowest BCUT2D eigenvalue weighted by molar-refractivity contribution is -0.142. The van der Waals surface area contributed by atoms with Crippen molar-refractivity contribution in [2.75, 3.05) is 6.54 Å². The van der Waals surface area contributed by atoms with Gasteiger partial charge in [-0.3, -0.25) is 24.0 Å². The largest absolute Gasteiger partial charge is 0.508 e. The van der Waals surface area contributed by atoms with E-state index in [4.69, 9.17) is 11.5 Å². The smallest absolute Gasteiger partial charge is 0.326 e. The Morgan fingerprint density at radius 2 is 1.26 bits per heavy atom. The maximum absolute atomic E-state index is 13.2. The second kappa shape index (κ2) is 19.5. The fourth-order valence-electron chi connectivity index (χ4n) is 4.55. The van der Waals surface area contributed by atoms with Crippen molar-refractivity contribution in [3.05, 3.63) is 65.7 Å². The molecule has 0 fully saturated rings. The van der Waals surface area contributed by atoms with E-state index in [9.17, 15) is 44.1 Å². The molecule has 0 aliphatic heterocycles. The average Bonchev–Trinajstić information content (AvgIpc) is 3.03. The van der Waals surface area contributed by atoms with Gasteiger partial charge in [0.2, 0.25) is 23.6 Å². The van der Waals surface area contributed by atoms with Crippen molar-refractivity contribution in [1.82, 2.24) is 21.3 Å². The van der Waals surface area contributed by atoms with Gasteiger partial charge in [-0.05, 0) is 68.8 Å². The summed E-state index contributed by atoms with van der Waals surface area (Å²) in [6.07, 6.45) is 0.490. The van der Waals surface area contributed by atoms with Crippen LogP contribution in [0, 0.1) is 0 Å². The van der Waals surface area contributed by atoms with E-state index in [-0.39, 0.29) is 31.4 Å². The molecule has 0 unspecified atom stereocenters. The lowest BCUT2D eigenvalue weighted by atomic mass is 10.0. The molecule has 2 aromatic rings. The Balaban J connectivity index is 2.12. The molecular weight excluding hydrogens is 612 g/mol. The SMILES string of the molecule is C[C@H](NC(=O)[C@H](CCC(=O)O)NC(=O)[C@@H](N)Cc1ccc(O)cc1)C(=O)N[C@@H](Cc1ccccc1)C(=O)N[C@@H](CCCCN)C(=O)O. The molecule has 2 aromatic carbocycles. The molecule has 0 saturated carbocycles. The number of hydrogen-bond donors (Lipinski definition) is 9. The number of carbonyl (C=O) groups is 6. The van der Waals surface area contributed by atoms with Crippen LogP contribution in [0.5, 0.6) is 5.75 Å². The molecule has 15 heteroatoms. The van der Waals surface area contributed by atoms with Crippen LogP contribution in [-0.2, 0) is 41.6 Å². The third-order valence-electron chi connectivity index (χ3n) is 7.24. The quantitative estimate of drug-likeness (QED) is 0.0824. The molecule has 0 bridgehead atoms. The standard InChI is InChI=1S/C32H44N6O9/c1-19(35-30(44)24(14-15-27(40)41)36-29(43)23(34)17-21-10-12-22(39)13-11-21)28(42)38-26(18-20-7-3-2-4-8-20)31(45)37-25(32(46)47)9-5-6-16-33/h2-4,7-8,10-13,19,23-26,39H,5-6,9,14-18,33-34H2,1H3,(H,35,44)(H,36,43)(H,37,45)(H,38,42)(H,40,41)(H,46,47)/t19-,23-,24-,25-,26-/m0/s1. The molecule has 256 valence electrons. The highest BCUT2D eigenvalue weighted by molar-refractivity contribution is 5.95. The summed E-state index contributed by atoms with van der Waals surface area (Å²) < 4.78 is 0. The van der Waals surface area contributed by atoms with Crippen molar-refractivity contribution in [3.8, 4) is 5.75 Å². The summed E-state index contributed by atoms with van der Waals surface area (Å²) in [6, 6.07) is 8.60. The van der Waals surface area contributed by atoms with Crippen molar-refractivity contribution >= 4 is 35.6 Å². The summed E-state index contributed by atoms with van der Waals surface area (Å²) in [6.45, 7) is 1.70. The number of carboxylic acid groups (broad SMARTS) is 2. The summed E-state index contributed by atoms with van der Waals surface area (Å²) in [5.74, 6) is -5.53. The van der Waals surface area contributed by atoms with Crippen molar-refractivity contribution in [1.29, 1.82) is 0 Å². The third-order valence-corrected chi connectivity index (χ3v) is 7.24. The van der Waals surface area contributed by atoms with Crippen LogP contribution in [-0.4, -0.2) is 87.6 Å². The van der Waals surface area contributed by atoms with E-state index in [1.807, 2.05) is 0 Å². The predicted octanol–water partition coefficient (Wildman–Crippen LogP) is -0.458. The van der Waals surface area contributed by atoms with E-state index in [0.717, 1.165) is 0 Å². The van der Waals surface area contributed by atoms with Gasteiger partial charge in [-0.15, -0.1) is 0 Å². The third kappa shape index (κ3) is 13.9. The van der Waals surface area contributed by atoms with Crippen LogP contribution in [0.2, 0.25) is 0 Å². The highest BCUT2D eigenvalue weighted by Gasteiger charge is 2.30. The fraction of sp³-hybridized carbons (Fsp3) is 0.438. The molecule has 15 nitrogen and oxygen atoms in total. The number of rotatable bonds is 20. The lowest BCUT2D eigenvalue weighted by Crippen LogP contribution is -2.58. The monoisotopic (exact) mass is 656 g/mol. The summed E-state index contributed by atoms with van der Waals surface area (Å²) in [5, 5.41) is 38.1. The molecule has 0 saturated heterocycles. The number of hydrogen-bond acceptors (Lipinski definition) is 9. The molecule has 47 heavy (non-hydrogen) atoms. The van der Waals surface area contributed by atoms with Gasteiger partial charge in [-0.1, -0.05) is 42.5 Å². The van der Waals surface area contributed by atoms with Crippen LogP contribution in [0.15, 0.2) is 54.6 Å². The maximum atomic E-state index is 13.2. The summed E-state index contributed by atoms with van der Waals surface area (Å²) >= 11 is 0. The Morgan fingerprint density at radius 3 is 1.85 bits per heavy atom. The van der Waals surface area contributed by atoms with Gasteiger partial charge in [0.15, 0.2) is 0 Å². The molecule has 0 aliphatic rings. The molecule has 5 atom stereocenters. The van der Waals surface area contributed by atoms with Crippen LogP contribution in [0.3, 0.4) is 0 Å². The normalized spacial score (nSPS) is 14.0. The van der Waals surface area contributed by atoms with Gasteiger partial charge in [0.1, 0.15) is 29.9 Å². The van der Waals surface area contributed by atoms with Gasteiger partial charge in [-0.2, -0.15) is 0 Å². The van der Waals surface area contributed by atoms with E-state index >= 15 is 0 Å². The highest BCUT2D eigenvalue weighted by atomic mass is 16.4. The van der Waals surface area contributed by atoms with Crippen LogP contribution >= 0.6 is 0 Å². The fourth-order valence-corrected chi connectivity index (χ4v) is 4.55. The zero-order valence-corrected chi connectivity index (χ0v) is 26.2. The molecule has 4 amide bonds. The maximum Gasteiger partial charge on any atom is 0.326 e. The lowest BCUT2D eigenvalue weighted by Gasteiger charge is -2.25. The molecule has 2 rings (SSSR count). The molecule has 0 heterocycles. The topological polar surface area (TPSA) is 263 Å². The number of aromatic hydroxyl groups is 1. The Hall–Kier alpha value is -5.02. The van der Waals surface area contributed by atoms with Crippen LogP contribution in [0.4, 0.5) is 0 Å². The second-order valence-corrected chi connectivity index (χ2v) is 11.1. The Morgan fingerprint density at radius 1 is 0.681 bits per heavy atom. The highest BCUT2D eigenvalue weighted by Crippen LogP contribution is 2.12. The van der Waals surface area contributed by atoms with E-state index in [0.29, 0.717) is 30.5 Å². The first-order valence-corrected chi connectivity index (χ1v) is 15.2. The molecule has 11 N–H and O–H groups in total. The number of phenols is 1. The van der Waals surface area contributed by atoms with E-state index < -0.39 is 72.2 Å². The second-order valence-electron chi connectivity index (χ2n) is 11.1. The van der Waals surface area contributed by atoms with Crippen molar-refractivity contribution in [3.63, 3.8) is 0 Å². The van der Waals surface area contributed by atoms with Crippen LogP contribution < -0.4 is 32.7 Å². The Labute approximate surface area is 272 Å². The van der Waals surface area contributed by atoms with Gasteiger partial charge in [0.05, 0.1) is 6.04 Å². The predicted molar refractivity (Wildman–Crippen MR) is 171 cm³/mol. The van der Waals surface area contributed by atoms with Crippen molar-refractivity contribution in [2.24, 2.45) is 11.5 Å². The van der Waals surface area contributed by atoms with Gasteiger partial charge in [-0.25, -0.2) is 4.79 Å². The zero-order valence-electron chi connectivity index (χ0n) is 26.2. The molecular formula is C32H44N6O9. The number of benzene rings is 2. The number of aliphatic carboxylic acids is 2. The van der Waals surface area contributed by atoms with Crippen LogP contribution in [0.1, 0.15) is 50.2 Å². The molecule has 0 radical (unpaired) electrons. The number of unbranched alkanes of at least 4 members (excludes halogenated alkanes) is 1. The van der Waals surface area contributed by atoms with E-state index in [1.165, 1.54) is 19.1 Å². The van der Waals surface area contributed by atoms with Gasteiger partial charge in [0, 0.05) is 12.8 Å². The zero-order chi connectivity index (χ0) is 34.9. The first-order chi connectivity index (χ1) is 22.3. The summed E-state index contributed by atoms with van der Waals surface area (Å²) in [7, 11) is 0. The van der Waals surface area contributed by atoms with Crippen molar-refractivity contribution < 1.29 is 44.1 Å². The average molecular weight is 657 g/mol. The van der Waals surface area contributed by atoms with E-state index in [1.54, 1.807) is 42.5 Å². The summed E-state index contributed by atoms with van der Waals surface area (Å²) in [4.78, 5) is 75.4. The van der Waals surface area contributed by atoms with E-state index in [2.05, 4.69) is 21.3 Å². The summed E-state index contributed by atoms with van der Waals surface area (Å²) in [5.41, 5.74) is 12.8. The number of phenolic OH excluding ortho intramolecular Hbond substituents is 1. The van der Waals surface area contributed by atoms with Crippen LogP contribution in [0.25, 0.3) is 0 Å². The Kier molecular flexibility index (Phi) is 15.8. The number of nitrogens with two attached hydrogens (primary N) is 2. The first-order valence-electron chi connectivity index (χ1n) is 15.2. The molecule has 0 aromatic heterocycles. The molecule has 0 aliphatic carbocycles. The minimum Gasteiger partial charge on any atom is -0.508 e. The van der Waals surface area contributed by atoms with Gasteiger partial charge >= 0.3 is 11.9 Å². The number of amides is 4. The first kappa shape index (κ1) is 38.2. The molecule has 0 spiro atoms. The Bertz CT molecular complexity index is 1360. The minimum atomic E-state index is -1.35. The number of nitrogens with one attached hydrogen (secondary N) is 4. The van der Waals surface area contributed by atoms with Gasteiger partial charge < -0.3 is 48.1 Å². The minimum absolute atomic E-state index is 0.0183. The number of carbonyl (C=O) groups excluding carboxylic acids is 4. The van der Waals surface area contributed by atoms with Crippen molar-refractivity contribution in [2.45, 2.75) is 82.1 Å².